The average Bonchev–Trinajstić information content (AvgIpc) is 2.36. The van der Waals surface area contributed by atoms with E-state index in [1.54, 1.807) is 0 Å². The van der Waals surface area contributed by atoms with Gasteiger partial charge in [-0.25, -0.2) is 0 Å². The zero-order valence-electron chi connectivity index (χ0n) is 10.9. The molecule has 4 heteroatoms. The minimum absolute atomic E-state index is 0.0675. The second-order valence-corrected chi connectivity index (χ2v) is 5.71. The molecule has 0 fully saturated rings. The maximum absolute atomic E-state index is 11.9. The first-order valence-corrected chi connectivity index (χ1v) is 7.14. The van der Waals surface area contributed by atoms with Crippen LogP contribution in [0, 0.1) is 5.41 Å². The van der Waals surface area contributed by atoms with Gasteiger partial charge in [0.25, 0.3) is 5.91 Å². The highest BCUT2D eigenvalue weighted by molar-refractivity contribution is 9.08. The van der Waals surface area contributed by atoms with Crippen molar-refractivity contribution in [1.29, 1.82) is 0 Å². The van der Waals surface area contributed by atoms with Crippen LogP contribution in [0.5, 0.6) is 0 Å². The molecule has 0 aliphatic heterocycles. The highest BCUT2D eigenvalue weighted by Crippen LogP contribution is 2.18. The number of nitrogens with one attached hydrogen (secondary N) is 1. The Morgan fingerprint density at radius 2 is 1.94 bits per heavy atom. The molecular weight excluding hydrogens is 294 g/mol. The van der Waals surface area contributed by atoms with E-state index in [1.165, 1.54) is 0 Å². The molecule has 0 saturated heterocycles. The Morgan fingerprint density at radius 3 is 2.44 bits per heavy atom. The smallest absolute Gasteiger partial charge is 0.251 e. The van der Waals surface area contributed by atoms with E-state index in [2.05, 4.69) is 21.2 Å². The first kappa shape index (κ1) is 15.2. The van der Waals surface area contributed by atoms with Gasteiger partial charge in [-0.1, -0.05) is 41.9 Å². The number of hydrogen-bond donors (Lipinski definition) is 2. The molecule has 0 heterocycles. The Bertz CT molecular complexity index is 387. The van der Waals surface area contributed by atoms with E-state index in [1.807, 2.05) is 38.1 Å². The molecule has 0 bridgehead atoms. The van der Waals surface area contributed by atoms with E-state index in [0.717, 1.165) is 10.9 Å². The lowest BCUT2D eigenvalue weighted by molar-refractivity contribution is 0.0928. The van der Waals surface area contributed by atoms with Crippen LogP contribution in [0.4, 0.5) is 0 Å². The fraction of sp³-hybridized carbons (Fsp3) is 0.500. The van der Waals surface area contributed by atoms with E-state index in [9.17, 15) is 4.79 Å². The normalized spacial score (nSPS) is 11.3. The Kier molecular flexibility index (Phi) is 5.82. The third-order valence-corrected chi connectivity index (χ3v) is 3.53. The minimum Gasteiger partial charge on any atom is -0.396 e. The summed E-state index contributed by atoms with van der Waals surface area (Å²) in [4.78, 5) is 11.9. The summed E-state index contributed by atoms with van der Waals surface area (Å²) in [6.07, 6.45) is 0.676. The second-order valence-electron chi connectivity index (χ2n) is 5.15. The van der Waals surface area contributed by atoms with Gasteiger partial charge >= 0.3 is 0 Å². The third-order valence-electron chi connectivity index (χ3n) is 2.89. The number of alkyl halides is 1. The highest BCUT2D eigenvalue weighted by Gasteiger charge is 2.18. The van der Waals surface area contributed by atoms with Gasteiger partial charge in [0.05, 0.1) is 0 Å². The lowest BCUT2D eigenvalue weighted by atomic mass is 9.89. The SMILES string of the molecule is CC(C)(CCO)CNC(=O)c1ccc(CBr)cc1. The van der Waals surface area contributed by atoms with E-state index >= 15 is 0 Å². The summed E-state index contributed by atoms with van der Waals surface area (Å²) in [6, 6.07) is 7.51. The first-order chi connectivity index (χ1) is 8.48. The molecule has 0 saturated carbocycles. The number of amides is 1. The maximum Gasteiger partial charge on any atom is 0.251 e. The number of hydrogen-bond acceptors (Lipinski definition) is 2. The fourth-order valence-corrected chi connectivity index (χ4v) is 1.93. The van der Waals surface area contributed by atoms with Gasteiger partial charge in [-0.15, -0.1) is 0 Å². The number of carbonyl (C=O) groups excluding carboxylic acids is 1. The average molecular weight is 314 g/mol. The Balaban J connectivity index is 2.54. The van der Waals surface area contributed by atoms with E-state index in [4.69, 9.17) is 5.11 Å². The number of benzene rings is 1. The number of rotatable bonds is 6. The van der Waals surface area contributed by atoms with Crippen LogP contribution >= 0.6 is 15.9 Å². The second kappa shape index (κ2) is 6.90. The van der Waals surface area contributed by atoms with Crippen molar-refractivity contribution in [2.45, 2.75) is 25.6 Å². The molecule has 100 valence electrons. The molecule has 3 nitrogen and oxygen atoms in total. The lowest BCUT2D eigenvalue weighted by Crippen LogP contribution is -2.34. The molecule has 0 radical (unpaired) electrons. The van der Waals surface area contributed by atoms with Gasteiger partial charge < -0.3 is 10.4 Å². The standard InChI is InChI=1S/C14H20BrNO2/c1-14(2,7-8-17)10-16-13(18)12-5-3-11(9-15)4-6-12/h3-6,17H,7-10H2,1-2H3,(H,16,18). The van der Waals surface area contributed by atoms with Crippen molar-refractivity contribution in [3.63, 3.8) is 0 Å². The van der Waals surface area contributed by atoms with Crippen molar-refractivity contribution in [3.05, 3.63) is 35.4 Å². The summed E-state index contributed by atoms with van der Waals surface area (Å²) in [6.45, 7) is 4.75. The summed E-state index contributed by atoms with van der Waals surface area (Å²) in [7, 11) is 0. The summed E-state index contributed by atoms with van der Waals surface area (Å²) >= 11 is 3.37. The van der Waals surface area contributed by atoms with Gasteiger partial charge in [0, 0.05) is 24.0 Å². The molecular formula is C14H20BrNO2. The van der Waals surface area contributed by atoms with Gasteiger partial charge in [0.2, 0.25) is 0 Å². The van der Waals surface area contributed by atoms with Crippen molar-refractivity contribution >= 4 is 21.8 Å². The van der Waals surface area contributed by atoms with Gasteiger partial charge in [-0.05, 0) is 29.5 Å². The molecule has 1 aromatic carbocycles. The molecule has 0 aromatic heterocycles. The van der Waals surface area contributed by atoms with Crippen LogP contribution in [0.3, 0.4) is 0 Å². The number of aliphatic hydroxyl groups is 1. The summed E-state index contributed by atoms with van der Waals surface area (Å²) in [5.74, 6) is -0.0675. The van der Waals surface area contributed by atoms with Crippen molar-refractivity contribution in [3.8, 4) is 0 Å². The fourth-order valence-electron chi connectivity index (χ4n) is 1.56. The Hall–Kier alpha value is -0.870. The molecule has 0 aliphatic rings. The highest BCUT2D eigenvalue weighted by atomic mass is 79.9. The predicted octanol–water partition coefficient (Wildman–Crippen LogP) is 2.72. The molecule has 0 spiro atoms. The maximum atomic E-state index is 11.9. The Labute approximate surface area is 117 Å². The molecule has 0 aliphatic carbocycles. The van der Waals surface area contributed by atoms with E-state index < -0.39 is 0 Å². The molecule has 1 aromatic rings. The summed E-state index contributed by atoms with van der Waals surface area (Å²) < 4.78 is 0. The van der Waals surface area contributed by atoms with Crippen LogP contribution in [0.15, 0.2) is 24.3 Å². The van der Waals surface area contributed by atoms with Gasteiger partial charge in [0.15, 0.2) is 0 Å². The van der Waals surface area contributed by atoms with Crippen LogP contribution in [0.1, 0.15) is 36.2 Å². The summed E-state index contributed by atoms with van der Waals surface area (Å²) in [5, 5.41) is 12.6. The quantitative estimate of drug-likeness (QED) is 0.793. The minimum atomic E-state index is -0.0831. The third kappa shape index (κ3) is 4.78. The molecule has 2 N–H and O–H groups in total. The van der Waals surface area contributed by atoms with Crippen LogP contribution in [-0.4, -0.2) is 24.2 Å². The predicted molar refractivity (Wildman–Crippen MR) is 76.9 cm³/mol. The van der Waals surface area contributed by atoms with Crippen molar-refractivity contribution < 1.29 is 9.90 Å². The van der Waals surface area contributed by atoms with Crippen molar-refractivity contribution in [2.75, 3.05) is 13.2 Å². The molecule has 18 heavy (non-hydrogen) atoms. The molecule has 1 amide bonds. The molecule has 0 atom stereocenters. The van der Waals surface area contributed by atoms with Crippen LogP contribution in [-0.2, 0) is 5.33 Å². The van der Waals surface area contributed by atoms with Crippen LogP contribution < -0.4 is 5.32 Å². The lowest BCUT2D eigenvalue weighted by Gasteiger charge is -2.23. The van der Waals surface area contributed by atoms with E-state index in [-0.39, 0.29) is 17.9 Å². The number of halogens is 1. The summed E-state index contributed by atoms with van der Waals surface area (Å²) in [5.41, 5.74) is 1.73. The number of carbonyl (C=O) groups is 1. The van der Waals surface area contributed by atoms with Crippen molar-refractivity contribution in [2.24, 2.45) is 5.41 Å². The topological polar surface area (TPSA) is 49.3 Å². The van der Waals surface area contributed by atoms with Gasteiger partial charge in [-0.2, -0.15) is 0 Å². The van der Waals surface area contributed by atoms with Crippen LogP contribution in [0.2, 0.25) is 0 Å². The van der Waals surface area contributed by atoms with Gasteiger partial charge in [-0.3, -0.25) is 4.79 Å². The largest absolute Gasteiger partial charge is 0.396 e. The number of aliphatic hydroxyl groups excluding tert-OH is 1. The van der Waals surface area contributed by atoms with Crippen molar-refractivity contribution in [1.82, 2.24) is 5.32 Å². The molecule has 1 rings (SSSR count). The zero-order valence-corrected chi connectivity index (χ0v) is 12.5. The van der Waals surface area contributed by atoms with E-state index in [0.29, 0.717) is 18.5 Å². The molecule has 0 unspecified atom stereocenters. The van der Waals surface area contributed by atoms with Gasteiger partial charge in [0.1, 0.15) is 0 Å². The van der Waals surface area contributed by atoms with Crippen LogP contribution in [0.25, 0.3) is 0 Å². The first-order valence-electron chi connectivity index (χ1n) is 6.02. The Morgan fingerprint density at radius 1 is 1.33 bits per heavy atom. The zero-order chi connectivity index (χ0) is 13.6. The monoisotopic (exact) mass is 313 g/mol.